The minimum atomic E-state index is -4.40. The molecule has 9 heteroatoms. The summed E-state index contributed by atoms with van der Waals surface area (Å²) in [4.78, 5) is 14.6. The van der Waals surface area contributed by atoms with Crippen LogP contribution in [-0.4, -0.2) is 42.6 Å². The molecule has 0 atom stereocenters. The van der Waals surface area contributed by atoms with Gasteiger partial charge in [0.15, 0.2) is 5.89 Å². The first-order valence-electron chi connectivity index (χ1n) is 5.19. The molecule has 1 N–H and O–H groups in total. The quantitative estimate of drug-likeness (QED) is 0.766. The Bertz CT molecular complexity index is 429. The Morgan fingerprint density at radius 2 is 2.16 bits per heavy atom. The summed E-state index contributed by atoms with van der Waals surface area (Å²) in [5.74, 6) is -1.71. The molecule has 1 aromatic heterocycles. The van der Waals surface area contributed by atoms with Crippen LogP contribution in [0.2, 0.25) is 0 Å². The van der Waals surface area contributed by atoms with Gasteiger partial charge in [0.25, 0.3) is 0 Å². The first kappa shape index (κ1) is 15.4. The van der Waals surface area contributed by atoms with Gasteiger partial charge in [-0.2, -0.15) is 13.2 Å². The third-order valence-electron chi connectivity index (χ3n) is 1.94. The Labute approximate surface area is 106 Å². The average molecular weight is 283 g/mol. The van der Waals surface area contributed by atoms with Gasteiger partial charge >= 0.3 is 12.1 Å². The number of hydrogen-bond donors (Lipinski definition) is 1. The van der Waals surface area contributed by atoms with Crippen molar-refractivity contribution in [2.45, 2.75) is 19.2 Å². The molecule has 19 heavy (non-hydrogen) atoms. The number of aromatic carboxylic acids is 1. The molecule has 108 valence electrons. The smallest absolute Gasteiger partial charge is 0.411 e. The highest BCUT2D eigenvalue weighted by molar-refractivity contribution is 5.85. The lowest BCUT2D eigenvalue weighted by molar-refractivity contribution is -0.173. The molecule has 0 unspecified atom stereocenters. The van der Waals surface area contributed by atoms with Crippen LogP contribution in [0.1, 0.15) is 22.1 Å². The molecule has 0 spiro atoms. The topological polar surface area (TPSA) is 81.8 Å². The largest absolute Gasteiger partial charge is 0.475 e. The lowest BCUT2D eigenvalue weighted by Crippen LogP contribution is -2.18. The summed E-state index contributed by atoms with van der Waals surface area (Å²) in [5, 5.41) is 8.81. The molecule has 6 nitrogen and oxygen atoms in total. The number of carboxylic acids is 1. The van der Waals surface area contributed by atoms with E-state index in [1.165, 1.54) is 7.11 Å². The van der Waals surface area contributed by atoms with Crippen LogP contribution < -0.4 is 0 Å². The van der Waals surface area contributed by atoms with Gasteiger partial charge in [-0.25, -0.2) is 9.78 Å². The third kappa shape index (κ3) is 5.26. The van der Waals surface area contributed by atoms with Crippen LogP contribution in [0.15, 0.2) is 4.42 Å². The van der Waals surface area contributed by atoms with Crippen LogP contribution >= 0.6 is 0 Å². The number of methoxy groups -OCH3 is 1. The average Bonchev–Trinajstić information content (AvgIpc) is 2.67. The zero-order valence-corrected chi connectivity index (χ0v) is 9.99. The van der Waals surface area contributed by atoms with Crippen LogP contribution in [0.4, 0.5) is 13.2 Å². The number of ether oxygens (including phenoxy) is 2. The number of rotatable bonds is 7. The van der Waals surface area contributed by atoms with Crippen molar-refractivity contribution >= 4 is 5.97 Å². The Morgan fingerprint density at radius 3 is 2.68 bits per heavy atom. The molecule has 0 saturated carbocycles. The Kier molecular flexibility index (Phi) is 5.31. The van der Waals surface area contributed by atoms with E-state index in [0.29, 0.717) is 0 Å². The highest BCUT2D eigenvalue weighted by atomic mass is 19.4. The van der Waals surface area contributed by atoms with Gasteiger partial charge in [-0.1, -0.05) is 0 Å². The number of oxazole rings is 1. The number of halogens is 3. The van der Waals surface area contributed by atoms with Crippen molar-refractivity contribution in [3.8, 4) is 0 Å². The van der Waals surface area contributed by atoms with E-state index < -0.39 is 18.8 Å². The van der Waals surface area contributed by atoms with Gasteiger partial charge < -0.3 is 19.0 Å². The lowest BCUT2D eigenvalue weighted by atomic mass is 10.3. The second kappa shape index (κ2) is 6.53. The van der Waals surface area contributed by atoms with Crippen molar-refractivity contribution in [3.05, 3.63) is 17.3 Å². The maximum atomic E-state index is 11.8. The van der Waals surface area contributed by atoms with Gasteiger partial charge in [-0.15, -0.1) is 0 Å². The number of alkyl halides is 3. The number of nitrogens with zero attached hydrogens (tertiary/aromatic N) is 1. The van der Waals surface area contributed by atoms with E-state index in [-0.39, 0.29) is 37.0 Å². The van der Waals surface area contributed by atoms with Crippen molar-refractivity contribution in [3.63, 3.8) is 0 Å². The van der Waals surface area contributed by atoms with Crippen molar-refractivity contribution in [1.82, 2.24) is 4.98 Å². The number of carboxylic acid groups (broad SMARTS) is 1. The van der Waals surface area contributed by atoms with Crippen LogP contribution in [0, 0.1) is 0 Å². The Morgan fingerprint density at radius 1 is 1.47 bits per heavy atom. The van der Waals surface area contributed by atoms with Gasteiger partial charge in [0.1, 0.15) is 12.3 Å². The maximum Gasteiger partial charge on any atom is 0.411 e. The normalized spacial score (nSPS) is 11.8. The molecule has 0 fully saturated rings. The SMILES string of the molecule is COCc1nc(CCOCC(F)(F)F)oc1C(=O)O. The van der Waals surface area contributed by atoms with Crippen LogP contribution in [0.3, 0.4) is 0 Å². The van der Waals surface area contributed by atoms with Gasteiger partial charge in [0.2, 0.25) is 5.76 Å². The number of hydrogen-bond acceptors (Lipinski definition) is 5. The van der Waals surface area contributed by atoms with Crippen molar-refractivity contribution in [2.75, 3.05) is 20.3 Å². The molecule has 0 aliphatic rings. The molecule has 1 rings (SSSR count). The predicted molar refractivity (Wildman–Crippen MR) is 54.8 cm³/mol. The molecule has 0 radical (unpaired) electrons. The molecule has 0 bridgehead atoms. The van der Waals surface area contributed by atoms with E-state index in [9.17, 15) is 18.0 Å². The van der Waals surface area contributed by atoms with E-state index in [1.54, 1.807) is 0 Å². The van der Waals surface area contributed by atoms with Gasteiger partial charge in [-0.3, -0.25) is 0 Å². The summed E-state index contributed by atoms with van der Waals surface area (Å²) >= 11 is 0. The Balaban J connectivity index is 2.55. The second-order valence-electron chi connectivity index (χ2n) is 3.54. The van der Waals surface area contributed by atoms with Crippen LogP contribution in [0.5, 0.6) is 0 Å². The fourth-order valence-electron chi connectivity index (χ4n) is 1.26. The number of carbonyl (C=O) groups is 1. The van der Waals surface area contributed by atoms with Gasteiger partial charge in [0, 0.05) is 13.5 Å². The first-order chi connectivity index (χ1) is 8.83. The molecular formula is C10H12F3NO5. The zero-order chi connectivity index (χ0) is 14.5. The zero-order valence-electron chi connectivity index (χ0n) is 9.99. The minimum absolute atomic E-state index is 0.00776. The van der Waals surface area contributed by atoms with Gasteiger partial charge in [0.05, 0.1) is 13.2 Å². The standard InChI is InChI=1S/C10H12F3NO5/c1-17-4-6-8(9(15)16)19-7(14-6)2-3-18-5-10(11,12)13/h2-5H2,1H3,(H,15,16). The fourth-order valence-corrected chi connectivity index (χ4v) is 1.26. The Hall–Kier alpha value is -1.61. The summed E-state index contributed by atoms with van der Waals surface area (Å²) < 4.78 is 49.4. The molecule has 0 amide bonds. The summed E-state index contributed by atoms with van der Waals surface area (Å²) in [6.45, 7) is -1.70. The summed E-state index contributed by atoms with van der Waals surface area (Å²) in [6, 6.07) is 0. The van der Waals surface area contributed by atoms with Crippen LogP contribution in [-0.2, 0) is 22.5 Å². The van der Waals surface area contributed by atoms with Crippen LogP contribution in [0.25, 0.3) is 0 Å². The van der Waals surface area contributed by atoms with E-state index in [1.807, 2.05) is 0 Å². The third-order valence-corrected chi connectivity index (χ3v) is 1.94. The van der Waals surface area contributed by atoms with E-state index >= 15 is 0 Å². The predicted octanol–water partition coefficient (Wildman–Crippen LogP) is 1.64. The van der Waals surface area contributed by atoms with Gasteiger partial charge in [-0.05, 0) is 0 Å². The van der Waals surface area contributed by atoms with E-state index in [2.05, 4.69) is 9.72 Å². The second-order valence-corrected chi connectivity index (χ2v) is 3.54. The van der Waals surface area contributed by atoms with Crippen molar-refractivity contribution < 1.29 is 37.0 Å². The molecule has 0 saturated heterocycles. The van der Waals surface area contributed by atoms with Crippen molar-refractivity contribution in [1.29, 1.82) is 0 Å². The van der Waals surface area contributed by atoms with Crippen molar-refractivity contribution in [2.24, 2.45) is 0 Å². The first-order valence-corrected chi connectivity index (χ1v) is 5.19. The monoisotopic (exact) mass is 283 g/mol. The summed E-state index contributed by atoms with van der Waals surface area (Å²) in [6.07, 6.45) is -4.45. The number of aromatic nitrogens is 1. The molecule has 1 heterocycles. The van der Waals surface area contributed by atoms with E-state index in [4.69, 9.17) is 14.3 Å². The molecular weight excluding hydrogens is 271 g/mol. The molecule has 1 aromatic rings. The molecule has 0 aliphatic heterocycles. The van der Waals surface area contributed by atoms with E-state index in [0.717, 1.165) is 0 Å². The highest BCUT2D eigenvalue weighted by Gasteiger charge is 2.27. The lowest BCUT2D eigenvalue weighted by Gasteiger charge is -2.05. The molecule has 0 aliphatic carbocycles. The minimum Gasteiger partial charge on any atom is -0.475 e. The summed E-state index contributed by atoms with van der Waals surface area (Å²) in [5.41, 5.74) is 0.0841. The molecule has 0 aromatic carbocycles. The fraction of sp³-hybridized carbons (Fsp3) is 0.600. The highest BCUT2D eigenvalue weighted by Crippen LogP contribution is 2.16. The summed E-state index contributed by atoms with van der Waals surface area (Å²) in [7, 11) is 1.35. The maximum absolute atomic E-state index is 11.8.